The monoisotopic (exact) mass is 552 g/mol. The SMILES string of the molecule is Cc1ccc(S(=O)(=O)N(CC(C)C)CC(O)C(Cc2ccccc2)NC(=O)OC2CCS(=O)(=O)C2)cc1. The van der Waals surface area contributed by atoms with Gasteiger partial charge in [-0.05, 0) is 43.4 Å². The third-order valence-corrected chi connectivity index (χ3v) is 9.73. The van der Waals surface area contributed by atoms with Crippen LogP contribution in [0.15, 0.2) is 59.5 Å². The number of benzene rings is 2. The number of aliphatic hydroxyl groups excluding tert-OH is 1. The first kappa shape index (κ1) is 29.1. The summed E-state index contributed by atoms with van der Waals surface area (Å²) in [6, 6.07) is 14.8. The number of carbonyl (C=O) groups is 1. The molecule has 3 atom stereocenters. The molecule has 1 saturated heterocycles. The molecule has 2 aromatic carbocycles. The molecular weight excluding hydrogens is 516 g/mol. The molecule has 0 radical (unpaired) electrons. The zero-order valence-corrected chi connectivity index (χ0v) is 23.0. The standard InChI is InChI=1S/C26H36N2O7S2/c1-19(2)16-28(37(33,34)23-11-9-20(3)10-12-23)17-25(29)24(15-21-7-5-4-6-8-21)27-26(30)35-22-13-14-36(31,32)18-22/h4-12,19,22,24-25,29H,13-18H2,1-3H3,(H,27,30). The van der Waals surface area contributed by atoms with Gasteiger partial charge in [0.05, 0.1) is 28.5 Å². The van der Waals surface area contributed by atoms with Gasteiger partial charge >= 0.3 is 6.09 Å². The number of carbonyl (C=O) groups excluding carboxylic acids is 1. The molecule has 0 saturated carbocycles. The van der Waals surface area contributed by atoms with Gasteiger partial charge in [-0.3, -0.25) is 0 Å². The molecular formula is C26H36N2O7S2. The highest BCUT2D eigenvalue weighted by Crippen LogP contribution is 2.20. The predicted molar refractivity (Wildman–Crippen MR) is 141 cm³/mol. The van der Waals surface area contributed by atoms with Crippen LogP contribution in [-0.4, -0.2) is 75.2 Å². The first-order valence-corrected chi connectivity index (χ1v) is 15.6. The van der Waals surface area contributed by atoms with Crippen LogP contribution in [0.5, 0.6) is 0 Å². The molecule has 1 aliphatic rings. The van der Waals surface area contributed by atoms with Crippen LogP contribution in [0.3, 0.4) is 0 Å². The Hall–Kier alpha value is -2.47. The lowest BCUT2D eigenvalue weighted by Gasteiger charge is -2.30. The quantitative estimate of drug-likeness (QED) is 0.438. The third kappa shape index (κ3) is 8.53. The molecule has 11 heteroatoms. The molecule has 1 aliphatic heterocycles. The van der Waals surface area contributed by atoms with Gasteiger partial charge in [0.25, 0.3) is 0 Å². The number of amides is 1. The number of rotatable bonds is 11. The topological polar surface area (TPSA) is 130 Å². The van der Waals surface area contributed by atoms with E-state index in [0.717, 1.165) is 11.1 Å². The molecule has 0 spiro atoms. The Morgan fingerprint density at radius 2 is 1.76 bits per heavy atom. The number of alkyl carbamates (subject to hydrolysis) is 1. The van der Waals surface area contributed by atoms with Crippen LogP contribution in [0.2, 0.25) is 0 Å². The number of hydrogen-bond acceptors (Lipinski definition) is 7. The molecule has 1 heterocycles. The van der Waals surface area contributed by atoms with E-state index < -0.39 is 44.2 Å². The number of aryl methyl sites for hydroxylation is 1. The summed E-state index contributed by atoms with van der Waals surface area (Å²) in [6.45, 7) is 5.57. The van der Waals surface area contributed by atoms with E-state index in [1.807, 2.05) is 51.1 Å². The van der Waals surface area contributed by atoms with Gasteiger partial charge in [0, 0.05) is 13.1 Å². The fraction of sp³-hybridized carbons (Fsp3) is 0.500. The molecule has 204 valence electrons. The van der Waals surface area contributed by atoms with Gasteiger partial charge in [-0.25, -0.2) is 21.6 Å². The van der Waals surface area contributed by atoms with Crippen LogP contribution >= 0.6 is 0 Å². The summed E-state index contributed by atoms with van der Waals surface area (Å²) in [4.78, 5) is 12.8. The molecule has 0 bridgehead atoms. The minimum absolute atomic E-state index is 0.0118. The Labute approximate surface area is 219 Å². The van der Waals surface area contributed by atoms with Gasteiger partial charge in [0.1, 0.15) is 6.10 Å². The second-order valence-corrected chi connectivity index (χ2v) is 14.1. The lowest BCUT2D eigenvalue weighted by Crippen LogP contribution is -2.51. The minimum Gasteiger partial charge on any atom is -0.445 e. The average molecular weight is 553 g/mol. The van der Waals surface area contributed by atoms with Crippen molar-refractivity contribution in [2.45, 2.75) is 56.8 Å². The molecule has 37 heavy (non-hydrogen) atoms. The van der Waals surface area contributed by atoms with Crippen molar-refractivity contribution >= 4 is 26.0 Å². The van der Waals surface area contributed by atoms with Crippen molar-refractivity contribution < 1.29 is 31.5 Å². The largest absolute Gasteiger partial charge is 0.445 e. The number of hydrogen-bond donors (Lipinski definition) is 2. The van der Waals surface area contributed by atoms with Crippen molar-refractivity contribution in [3.05, 3.63) is 65.7 Å². The summed E-state index contributed by atoms with van der Waals surface area (Å²) in [5.41, 5.74) is 1.75. The van der Waals surface area contributed by atoms with Crippen LogP contribution in [0.4, 0.5) is 4.79 Å². The summed E-state index contributed by atoms with van der Waals surface area (Å²) in [7, 11) is -7.15. The number of nitrogens with one attached hydrogen (secondary N) is 1. The van der Waals surface area contributed by atoms with Gasteiger partial charge < -0.3 is 15.2 Å². The van der Waals surface area contributed by atoms with Gasteiger partial charge in [-0.1, -0.05) is 61.9 Å². The van der Waals surface area contributed by atoms with Crippen LogP contribution < -0.4 is 5.32 Å². The molecule has 0 aromatic heterocycles. The van der Waals surface area contributed by atoms with Crippen LogP contribution in [-0.2, 0) is 31.0 Å². The maximum atomic E-state index is 13.5. The van der Waals surface area contributed by atoms with Crippen molar-refractivity contribution in [1.29, 1.82) is 0 Å². The average Bonchev–Trinajstić information content (AvgIpc) is 3.16. The molecule has 1 amide bonds. The summed E-state index contributed by atoms with van der Waals surface area (Å²) in [6.07, 6.45) is -2.42. The van der Waals surface area contributed by atoms with E-state index >= 15 is 0 Å². The van der Waals surface area contributed by atoms with Gasteiger partial charge in [-0.15, -0.1) is 0 Å². The highest BCUT2D eigenvalue weighted by molar-refractivity contribution is 7.91. The normalized spacial score (nSPS) is 19.0. The van der Waals surface area contributed by atoms with E-state index in [-0.39, 0.29) is 48.3 Å². The first-order valence-electron chi connectivity index (χ1n) is 12.3. The second-order valence-electron chi connectivity index (χ2n) is 9.97. The number of ether oxygens (including phenoxy) is 1. The summed E-state index contributed by atoms with van der Waals surface area (Å²) in [5, 5.41) is 13.9. The summed E-state index contributed by atoms with van der Waals surface area (Å²) < 4.78 is 56.9. The molecule has 9 nitrogen and oxygen atoms in total. The lowest BCUT2D eigenvalue weighted by atomic mass is 10.0. The predicted octanol–water partition coefficient (Wildman–Crippen LogP) is 2.53. The van der Waals surface area contributed by atoms with E-state index in [9.17, 15) is 26.7 Å². The summed E-state index contributed by atoms with van der Waals surface area (Å²) >= 11 is 0. The van der Waals surface area contributed by atoms with Crippen molar-refractivity contribution in [3.8, 4) is 0 Å². The number of aliphatic hydroxyl groups is 1. The van der Waals surface area contributed by atoms with E-state index in [1.165, 1.54) is 16.4 Å². The van der Waals surface area contributed by atoms with Crippen LogP contribution in [0, 0.1) is 12.8 Å². The maximum absolute atomic E-state index is 13.5. The Morgan fingerprint density at radius 1 is 1.11 bits per heavy atom. The van der Waals surface area contributed by atoms with Crippen molar-refractivity contribution in [1.82, 2.24) is 9.62 Å². The smallest absolute Gasteiger partial charge is 0.407 e. The Morgan fingerprint density at radius 3 is 2.32 bits per heavy atom. The first-order chi connectivity index (χ1) is 17.4. The van der Waals surface area contributed by atoms with Crippen molar-refractivity contribution in [2.75, 3.05) is 24.6 Å². The van der Waals surface area contributed by atoms with E-state index in [4.69, 9.17) is 4.74 Å². The number of nitrogens with zero attached hydrogens (tertiary/aromatic N) is 1. The fourth-order valence-corrected chi connectivity index (χ4v) is 7.43. The highest BCUT2D eigenvalue weighted by atomic mass is 32.2. The van der Waals surface area contributed by atoms with Gasteiger partial charge in [0.2, 0.25) is 10.0 Å². The molecule has 3 rings (SSSR count). The Kier molecular flexibility index (Phi) is 9.74. The number of sulfonamides is 1. The zero-order chi connectivity index (χ0) is 27.2. The van der Waals surface area contributed by atoms with Crippen LogP contribution in [0.25, 0.3) is 0 Å². The molecule has 2 aromatic rings. The zero-order valence-electron chi connectivity index (χ0n) is 21.4. The van der Waals surface area contributed by atoms with Crippen molar-refractivity contribution in [3.63, 3.8) is 0 Å². The molecule has 1 fully saturated rings. The fourth-order valence-electron chi connectivity index (χ4n) is 4.22. The Balaban J connectivity index is 1.80. The van der Waals surface area contributed by atoms with Crippen molar-refractivity contribution in [2.24, 2.45) is 5.92 Å². The van der Waals surface area contributed by atoms with E-state index in [1.54, 1.807) is 12.1 Å². The van der Waals surface area contributed by atoms with Crippen LogP contribution in [0.1, 0.15) is 31.4 Å². The van der Waals surface area contributed by atoms with E-state index in [2.05, 4.69) is 5.32 Å². The third-order valence-electron chi connectivity index (χ3n) is 6.15. The minimum atomic E-state index is -3.91. The number of sulfone groups is 1. The van der Waals surface area contributed by atoms with Gasteiger partial charge in [-0.2, -0.15) is 4.31 Å². The lowest BCUT2D eigenvalue weighted by molar-refractivity contribution is 0.0768. The second kappa shape index (κ2) is 12.4. The Bertz CT molecular complexity index is 1250. The molecule has 3 unspecified atom stereocenters. The molecule has 0 aliphatic carbocycles. The highest BCUT2D eigenvalue weighted by Gasteiger charge is 2.34. The van der Waals surface area contributed by atoms with E-state index in [0.29, 0.717) is 0 Å². The van der Waals surface area contributed by atoms with Gasteiger partial charge in [0.15, 0.2) is 9.84 Å². The molecule has 2 N–H and O–H groups in total. The summed E-state index contributed by atoms with van der Waals surface area (Å²) in [5.74, 6) is -0.284. The maximum Gasteiger partial charge on any atom is 0.407 e.